The number of nitrogens with two attached hydrogens (primary N) is 1. The number of aromatic nitrogens is 2. The Labute approximate surface area is 122 Å². The van der Waals surface area contributed by atoms with Gasteiger partial charge in [-0.1, -0.05) is 16.8 Å². The van der Waals surface area contributed by atoms with E-state index in [0.717, 1.165) is 24.8 Å². The van der Waals surface area contributed by atoms with Crippen molar-refractivity contribution < 1.29 is 9.26 Å². The average molecular weight is 294 g/mol. The van der Waals surface area contributed by atoms with Gasteiger partial charge < -0.3 is 15.0 Å². The van der Waals surface area contributed by atoms with Crippen LogP contribution in [0.4, 0.5) is 0 Å². The first-order valence-corrected chi connectivity index (χ1v) is 6.98. The second-order valence-corrected chi connectivity index (χ2v) is 5.51. The molecule has 5 nitrogen and oxygen atoms in total. The van der Waals surface area contributed by atoms with E-state index in [1.807, 2.05) is 6.07 Å². The molecule has 20 heavy (non-hydrogen) atoms. The van der Waals surface area contributed by atoms with Crippen molar-refractivity contribution in [3.8, 4) is 17.1 Å². The minimum absolute atomic E-state index is 0.236. The molecule has 106 valence electrons. The Morgan fingerprint density at radius 3 is 2.95 bits per heavy atom. The highest BCUT2D eigenvalue weighted by Gasteiger charge is 2.28. The monoisotopic (exact) mass is 293 g/mol. The minimum Gasteiger partial charge on any atom is -0.496 e. The van der Waals surface area contributed by atoms with Gasteiger partial charge in [0.1, 0.15) is 5.75 Å². The highest BCUT2D eigenvalue weighted by molar-refractivity contribution is 6.30. The second kappa shape index (κ2) is 5.42. The minimum atomic E-state index is 0.236. The van der Waals surface area contributed by atoms with Crippen LogP contribution in [-0.2, 0) is 0 Å². The molecule has 1 saturated carbocycles. The average Bonchev–Trinajstić information content (AvgIpc) is 3.07. The molecule has 2 aromatic rings. The normalized spacial score (nSPS) is 22.1. The van der Waals surface area contributed by atoms with Crippen LogP contribution in [0.3, 0.4) is 0 Å². The van der Waals surface area contributed by atoms with Crippen LogP contribution in [-0.4, -0.2) is 23.3 Å². The third-order valence-electron chi connectivity index (χ3n) is 3.67. The molecule has 1 aliphatic carbocycles. The summed E-state index contributed by atoms with van der Waals surface area (Å²) < 4.78 is 10.7. The summed E-state index contributed by atoms with van der Waals surface area (Å²) in [4.78, 5) is 4.48. The summed E-state index contributed by atoms with van der Waals surface area (Å²) in [6.45, 7) is 0. The van der Waals surface area contributed by atoms with E-state index < -0.39 is 0 Å². The summed E-state index contributed by atoms with van der Waals surface area (Å²) in [5.41, 5.74) is 6.69. The van der Waals surface area contributed by atoms with Gasteiger partial charge in [-0.15, -0.1) is 0 Å². The predicted molar refractivity (Wildman–Crippen MR) is 75.9 cm³/mol. The number of ether oxygens (including phenoxy) is 1. The Morgan fingerprint density at radius 1 is 1.40 bits per heavy atom. The Kier molecular flexibility index (Phi) is 3.63. The van der Waals surface area contributed by atoms with E-state index in [0.29, 0.717) is 22.5 Å². The van der Waals surface area contributed by atoms with Crippen LogP contribution in [0.2, 0.25) is 5.02 Å². The molecule has 2 atom stereocenters. The molecule has 0 radical (unpaired) electrons. The van der Waals surface area contributed by atoms with Crippen molar-refractivity contribution >= 4 is 11.6 Å². The zero-order valence-electron chi connectivity index (χ0n) is 11.2. The van der Waals surface area contributed by atoms with E-state index in [1.165, 1.54) is 0 Å². The lowest BCUT2D eigenvalue weighted by atomic mass is 10.1. The van der Waals surface area contributed by atoms with Crippen molar-refractivity contribution in [3.63, 3.8) is 0 Å². The molecule has 1 heterocycles. The lowest BCUT2D eigenvalue weighted by Gasteiger charge is -2.05. The molecule has 1 aliphatic rings. The van der Waals surface area contributed by atoms with E-state index in [-0.39, 0.29) is 12.0 Å². The van der Waals surface area contributed by atoms with Crippen molar-refractivity contribution in [1.29, 1.82) is 0 Å². The Balaban J connectivity index is 1.90. The maximum Gasteiger partial charge on any atom is 0.230 e. The Morgan fingerprint density at radius 2 is 2.25 bits per heavy atom. The maximum absolute atomic E-state index is 5.95. The van der Waals surface area contributed by atoms with Gasteiger partial charge in [-0.2, -0.15) is 4.98 Å². The van der Waals surface area contributed by atoms with Crippen LogP contribution in [0.25, 0.3) is 11.4 Å². The summed E-state index contributed by atoms with van der Waals surface area (Å²) in [7, 11) is 1.59. The van der Waals surface area contributed by atoms with E-state index in [4.69, 9.17) is 26.6 Å². The summed E-state index contributed by atoms with van der Waals surface area (Å²) in [6, 6.07) is 5.58. The number of rotatable bonds is 3. The van der Waals surface area contributed by atoms with Crippen LogP contribution in [0, 0.1) is 0 Å². The van der Waals surface area contributed by atoms with Crippen LogP contribution in [0.15, 0.2) is 22.7 Å². The standard InChI is InChI=1S/C14H16ClN3O2/c1-19-12-7-9(15)3-5-11(12)13-17-14(20-18-13)8-2-4-10(16)6-8/h3,5,7-8,10H,2,4,6,16H2,1H3. The molecule has 3 rings (SSSR count). The molecule has 1 fully saturated rings. The zero-order chi connectivity index (χ0) is 14.1. The van der Waals surface area contributed by atoms with Gasteiger partial charge in [0.2, 0.25) is 11.7 Å². The zero-order valence-corrected chi connectivity index (χ0v) is 11.9. The molecule has 0 bridgehead atoms. The van der Waals surface area contributed by atoms with Gasteiger partial charge in [-0.25, -0.2) is 0 Å². The van der Waals surface area contributed by atoms with E-state index in [1.54, 1.807) is 19.2 Å². The van der Waals surface area contributed by atoms with Gasteiger partial charge in [0, 0.05) is 17.0 Å². The number of hydrogen-bond donors (Lipinski definition) is 1. The molecule has 0 aliphatic heterocycles. The van der Waals surface area contributed by atoms with E-state index >= 15 is 0 Å². The van der Waals surface area contributed by atoms with Crippen molar-refractivity contribution in [3.05, 3.63) is 29.1 Å². The third kappa shape index (κ3) is 2.51. The summed E-state index contributed by atoms with van der Waals surface area (Å²) >= 11 is 5.95. The predicted octanol–water partition coefficient (Wildman–Crippen LogP) is 2.99. The lowest BCUT2D eigenvalue weighted by molar-refractivity contribution is 0.353. The topological polar surface area (TPSA) is 74.2 Å². The molecular formula is C14H16ClN3O2. The first kappa shape index (κ1) is 13.4. The van der Waals surface area contributed by atoms with Crippen molar-refractivity contribution in [2.24, 2.45) is 5.73 Å². The lowest BCUT2D eigenvalue weighted by Crippen LogP contribution is -2.14. The molecule has 1 aromatic carbocycles. The molecule has 6 heteroatoms. The fraction of sp³-hybridized carbons (Fsp3) is 0.429. The molecule has 2 N–H and O–H groups in total. The van der Waals surface area contributed by atoms with Gasteiger partial charge in [0.05, 0.1) is 12.7 Å². The van der Waals surface area contributed by atoms with Crippen LogP contribution >= 0.6 is 11.6 Å². The Bertz CT molecular complexity index is 614. The number of benzene rings is 1. The number of methoxy groups -OCH3 is 1. The molecule has 2 unspecified atom stereocenters. The summed E-state index contributed by atoms with van der Waals surface area (Å²) in [6.07, 6.45) is 2.91. The van der Waals surface area contributed by atoms with Crippen molar-refractivity contribution in [1.82, 2.24) is 10.1 Å². The van der Waals surface area contributed by atoms with Crippen LogP contribution in [0.5, 0.6) is 5.75 Å². The highest BCUT2D eigenvalue weighted by atomic mass is 35.5. The molecule has 0 amide bonds. The van der Waals surface area contributed by atoms with Gasteiger partial charge in [-0.3, -0.25) is 0 Å². The largest absolute Gasteiger partial charge is 0.496 e. The van der Waals surface area contributed by atoms with Gasteiger partial charge in [0.15, 0.2) is 0 Å². The smallest absolute Gasteiger partial charge is 0.230 e. The molecular weight excluding hydrogens is 278 g/mol. The number of halogens is 1. The van der Waals surface area contributed by atoms with E-state index in [2.05, 4.69) is 10.1 Å². The first-order chi connectivity index (χ1) is 9.67. The fourth-order valence-electron chi connectivity index (χ4n) is 2.60. The number of hydrogen-bond acceptors (Lipinski definition) is 5. The van der Waals surface area contributed by atoms with Gasteiger partial charge >= 0.3 is 0 Å². The summed E-state index contributed by atoms with van der Waals surface area (Å²) in [5, 5.41) is 4.65. The molecule has 0 saturated heterocycles. The SMILES string of the molecule is COc1cc(Cl)ccc1-c1noc(C2CCC(N)C2)n1. The van der Waals surface area contributed by atoms with Crippen LogP contribution < -0.4 is 10.5 Å². The maximum atomic E-state index is 5.95. The second-order valence-electron chi connectivity index (χ2n) is 5.07. The van der Waals surface area contributed by atoms with Crippen LogP contribution in [0.1, 0.15) is 31.1 Å². The Hall–Kier alpha value is -1.59. The van der Waals surface area contributed by atoms with Crippen molar-refractivity contribution in [2.45, 2.75) is 31.2 Å². The van der Waals surface area contributed by atoms with Gasteiger partial charge in [0.25, 0.3) is 0 Å². The molecule has 1 aromatic heterocycles. The third-order valence-corrected chi connectivity index (χ3v) is 3.90. The molecule has 0 spiro atoms. The van der Waals surface area contributed by atoms with Crippen molar-refractivity contribution in [2.75, 3.05) is 7.11 Å². The fourth-order valence-corrected chi connectivity index (χ4v) is 2.76. The first-order valence-electron chi connectivity index (χ1n) is 6.60. The van der Waals surface area contributed by atoms with Gasteiger partial charge in [-0.05, 0) is 37.5 Å². The van der Waals surface area contributed by atoms with E-state index in [9.17, 15) is 0 Å². The highest BCUT2D eigenvalue weighted by Crippen LogP contribution is 2.35. The quantitative estimate of drug-likeness (QED) is 0.941. The number of nitrogens with zero attached hydrogens (tertiary/aromatic N) is 2. The summed E-state index contributed by atoms with van der Waals surface area (Å²) in [5.74, 6) is 2.08.